The molecular formula is C20H19N3O3. The van der Waals surface area contributed by atoms with Crippen LogP contribution in [0.4, 0.5) is 4.79 Å². The van der Waals surface area contributed by atoms with Crippen LogP contribution in [-0.2, 0) is 22.5 Å². The van der Waals surface area contributed by atoms with Crippen LogP contribution in [0.1, 0.15) is 16.7 Å². The molecule has 1 aliphatic heterocycles. The van der Waals surface area contributed by atoms with Gasteiger partial charge in [-0.15, -0.1) is 0 Å². The highest BCUT2D eigenvalue weighted by Crippen LogP contribution is 2.17. The van der Waals surface area contributed by atoms with Gasteiger partial charge in [-0.25, -0.2) is 4.79 Å². The molecule has 6 heteroatoms. The zero-order valence-corrected chi connectivity index (χ0v) is 14.2. The molecule has 0 radical (unpaired) electrons. The molecule has 1 N–H and O–H groups in total. The zero-order chi connectivity index (χ0) is 18.4. The molecule has 1 atom stereocenters. The molecule has 1 fully saturated rings. The van der Waals surface area contributed by atoms with Crippen LogP contribution in [-0.4, -0.2) is 36.1 Å². The van der Waals surface area contributed by atoms with Gasteiger partial charge in [-0.2, -0.15) is 5.26 Å². The van der Waals surface area contributed by atoms with Crippen molar-refractivity contribution < 1.29 is 14.3 Å². The SMILES string of the molecule is N#Cc1cccc(CN2C(=O)OC[C@H]2C(=O)NCCc2ccccc2)c1. The Morgan fingerprint density at radius 3 is 2.73 bits per heavy atom. The van der Waals surface area contributed by atoms with Crippen molar-refractivity contribution in [2.75, 3.05) is 13.2 Å². The Morgan fingerprint density at radius 2 is 1.96 bits per heavy atom. The Bertz CT molecular complexity index is 830. The van der Waals surface area contributed by atoms with Gasteiger partial charge in [-0.1, -0.05) is 42.5 Å². The molecule has 0 spiro atoms. The molecular weight excluding hydrogens is 330 g/mol. The van der Waals surface area contributed by atoms with Crippen molar-refractivity contribution in [3.63, 3.8) is 0 Å². The summed E-state index contributed by atoms with van der Waals surface area (Å²) in [4.78, 5) is 25.9. The summed E-state index contributed by atoms with van der Waals surface area (Å²) >= 11 is 0. The van der Waals surface area contributed by atoms with E-state index >= 15 is 0 Å². The Kier molecular flexibility index (Phi) is 5.49. The maximum absolute atomic E-state index is 12.5. The lowest BCUT2D eigenvalue weighted by atomic mass is 10.1. The highest BCUT2D eigenvalue weighted by molar-refractivity contribution is 5.87. The van der Waals surface area contributed by atoms with Crippen LogP contribution in [0.15, 0.2) is 54.6 Å². The standard InChI is InChI=1S/C20H19N3O3/c21-12-16-7-4-8-17(11-16)13-23-18(14-26-20(23)25)19(24)22-10-9-15-5-2-1-3-6-15/h1-8,11,18H,9-10,13-14H2,(H,22,24)/t18-/m0/s1. The second-order valence-corrected chi connectivity index (χ2v) is 6.06. The maximum Gasteiger partial charge on any atom is 0.410 e. The van der Waals surface area contributed by atoms with Gasteiger partial charge in [-0.05, 0) is 29.7 Å². The third-order valence-corrected chi connectivity index (χ3v) is 4.24. The number of hydrogen-bond donors (Lipinski definition) is 1. The van der Waals surface area contributed by atoms with Crippen molar-refractivity contribution in [1.82, 2.24) is 10.2 Å². The lowest BCUT2D eigenvalue weighted by Crippen LogP contribution is -2.45. The topological polar surface area (TPSA) is 82.4 Å². The van der Waals surface area contributed by atoms with Gasteiger partial charge in [0.1, 0.15) is 12.6 Å². The van der Waals surface area contributed by atoms with Crippen LogP contribution in [0.25, 0.3) is 0 Å². The minimum Gasteiger partial charge on any atom is -0.447 e. The van der Waals surface area contributed by atoms with Crippen molar-refractivity contribution >= 4 is 12.0 Å². The molecule has 0 aromatic heterocycles. The number of rotatable bonds is 6. The average Bonchev–Trinajstić information content (AvgIpc) is 3.03. The van der Waals surface area contributed by atoms with Gasteiger partial charge in [-0.3, -0.25) is 9.69 Å². The second-order valence-electron chi connectivity index (χ2n) is 6.06. The van der Waals surface area contributed by atoms with Crippen LogP contribution < -0.4 is 5.32 Å². The Labute approximate surface area is 152 Å². The molecule has 0 unspecified atom stereocenters. The summed E-state index contributed by atoms with van der Waals surface area (Å²) in [6, 6.07) is 18.2. The van der Waals surface area contributed by atoms with Gasteiger partial charge >= 0.3 is 6.09 Å². The summed E-state index contributed by atoms with van der Waals surface area (Å²) in [6.07, 6.45) is 0.203. The number of nitriles is 1. The molecule has 0 saturated carbocycles. The molecule has 0 aliphatic carbocycles. The van der Waals surface area contributed by atoms with Gasteiger partial charge in [0.05, 0.1) is 18.2 Å². The third-order valence-electron chi connectivity index (χ3n) is 4.24. The van der Waals surface area contributed by atoms with Crippen molar-refractivity contribution in [1.29, 1.82) is 5.26 Å². The second kappa shape index (κ2) is 8.17. The summed E-state index contributed by atoms with van der Waals surface area (Å²) in [5, 5.41) is 11.9. The molecule has 2 aromatic rings. The number of benzene rings is 2. The minimum absolute atomic E-state index is 0.0357. The zero-order valence-electron chi connectivity index (χ0n) is 14.2. The first-order chi connectivity index (χ1) is 12.7. The van der Waals surface area contributed by atoms with Gasteiger partial charge in [0.2, 0.25) is 5.91 Å². The number of nitrogens with zero attached hydrogens (tertiary/aromatic N) is 2. The average molecular weight is 349 g/mol. The van der Waals surface area contributed by atoms with Gasteiger partial charge < -0.3 is 10.1 Å². The molecule has 3 rings (SSSR count). The quantitative estimate of drug-likeness (QED) is 0.867. The maximum atomic E-state index is 12.5. The first kappa shape index (κ1) is 17.5. The first-order valence-electron chi connectivity index (χ1n) is 8.41. The lowest BCUT2D eigenvalue weighted by molar-refractivity contribution is -0.124. The number of nitrogens with one attached hydrogen (secondary N) is 1. The largest absolute Gasteiger partial charge is 0.447 e. The van der Waals surface area contributed by atoms with Gasteiger partial charge in [0.15, 0.2) is 0 Å². The van der Waals surface area contributed by atoms with Crippen LogP contribution >= 0.6 is 0 Å². The summed E-state index contributed by atoms with van der Waals surface area (Å²) in [5.74, 6) is -0.233. The lowest BCUT2D eigenvalue weighted by Gasteiger charge is -2.21. The fourth-order valence-corrected chi connectivity index (χ4v) is 2.87. The Hall–Kier alpha value is -3.33. The summed E-state index contributed by atoms with van der Waals surface area (Å²) in [5.41, 5.74) is 2.43. The number of carbonyl (C=O) groups is 2. The summed E-state index contributed by atoms with van der Waals surface area (Å²) in [6.45, 7) is 0.754. The van der Waals surface area contributed by atoms with E-state index in [9.17, 15) is 9.59 Å². The van der Waals surface area contributed by atoms with Crippen LogP contribution in [0.2, 0.25) is 0 Å². The number of hydrogen-bond acceptors (Lipinski definition) is 4. The number of amides is 2. The number of cyclic esters (lactones) is 1. The highest BCUT2D eigenvalue weighted by Gasteiger charge is 2.37. The predicted molar refractivity (Wildman–Crippen MR) is 95.0 cm³/mol. The molecule has 1 heterocycles. The van der Waals surface area contributed by atoms with Crippen molar-refractivity contribution in [3.8, 4) is 6.07 Å². The monoisotopic (exact) mass is 349 g/mol. The summed E-state index contributed by atoms with van der Waals surface area (Å²) < 4.78 is 5.05. The van der Waals surface area contributed by atoms with E-state index in [1.807, 2.05) is 36.4 Å². The Morgan fingerprint density at radius 1 is 1.19 bits per heavy atom. The van der Waals surface area contributed by atoms with E-state index in [0.717, 1.165) is 17.5 Å². The number of ether oxygens (including phenoxy) is 1. The van der Waals surface area contributed by atoms with Crippen LogP contribution in [0, 0.1) is 11.3 Å². The minimum atomic E-state index is -0.663. The fraction of sp³-hybridized carbons (Fsp3) is 0.250. The van der Waals surface area contributed by atoms with E-state index in [1.54, 1.807) is 18.2 Å². The van der Waals surface area contributed by atoms with E-state index in [1.165, 1.54) is 4.90 Å². The molecule has 26 heavy (non-hydrogen) atoms. The van der Waals surface area contributed by atoms with Crippen molar-refractivity contribution in [3.05, 3.63) is 71.3 Å². The van der Waals surface area contributed by atoms with Crippen molar-refractivity contribution in [2.45, 2.75) is 19.0 Å². The third kappa shape index (κ3) is 4.19. The van der Waals surface area contributed by atoms with E-state index in [4.69, 9.17) is 10.00 Å². The Balaban J connectivity index is 1.59. The smallest absolute Gasteiger partial charge is 0.410 e. The molecule has 6 nitrogen and oxygen atoms in total. The first-order valence-corrected chi connectivity index (χ1v) is 8.41. The molecule has 2 amide bonds. The highest BCUT2D eigenvalue weighted by atomic mass is 16.6. The molecule has 1 saturated heterocycles. The van der Waals surface area contributed by atoms with E-state index in [2.05, 4.69) is 11.4 Å². The van der Waals surface area contributed by atoms with Gasteiger partial charge in [0, 0.05) is 6.54 Å². The van der Waals surface area contributed by atoms with Gasteiger partial charge in [0.25, 0.3) is 0 Å². The number of carbonyl (C=O) groups excluding carboxylic acids is 2. The fourth-order valence-electron chi connectivity index (χ4n) is 2.87. The summed E-state index contributed by atoms with van der Waals surface area (Å²) in [7, 11) is 0. The van der Waals surface area contributed by atoms with Crippen LogP contribution in [0.5, 0.6) is 0 Å². The molecule has 132 valence electrons. The van der Waals surface area contributed by atoms with E-state index < -0.39 is 12.1 Å². The van der Waals surface area contributed by atoms with E-state index in [0.29, 0.717) is 12.1 Å². The molecule has 0 bridgehead atoms. The van der Waals surface area contributed by atoms with E-state index in [-0.39, 0.29) is 19.1 Å². The van der Waals surface area contributed by atoms with Crippen molar-refractivity contribution in [2.24, 2.45) is 0 Å². The normalized spacial score (nSPS) is 16.0. The van der Waals surface area contributed by atoms with Crippen LogP contribution in [0.3, 0.4) is 0 Å². The molecule has 2 aromatic carbocycles. The predicted octanol–water partition coefficient (Wildman–Crippen LogP) is 2.24. The molecule has 1 aliphatic rings.